The van der Waals surface area contributed by atoms with Crippen LogP contribution in [0.25, 0.3) is 0 Å². The van der Waals surface area contributed by atoms with E-state index in [-0.39, 0.29) is 6.23 Å². The van der Waals surface area contributed by atoms with Crippen molar-refractivity contribution in [1.29, 1.82) is 0 Å². The molecule has 1 aliphatic heterocycles. The van der Waals surface area contributed by atoms with Crippen molar-refractivity contribution in [1.82, 2.24) is 10.2 Å². The van der Waals surface area contributed by atoms with E-state index in [1.807, 2.05) is 0 Å². The molecule has 2 atom stereocenters. The Balaban J connectivity index is 2.15. The molecule has 1 aliphatic rings. The van der Waals surface area contributed by atoms with Crippen molar-refractivity contribution >= 4 is 0 Å². The Labute approximate surface area is 294 Å². The van der Waals surface area contributed by atoms with Gasteiger partial charge < -0.3 is 15.0 Å². The number of hydrogen-bond donors (Lipinski definition) is 1. The van der Waals surface area contributed by atoms with Gasteiger partial charge in [0.05, 0.1) is 0 Å². The van der Waals surface area contributed by atoms with Crippen LogP contribution in [0, 0.1) is 0 Å². The number of unbranched alkanes of at least 4 members (excludes halogenated alkanes) is 18. The molecular weight excluding hydrogens is 572 g/mol. The van der Waals surface area contributed by atoms with Crippen LogP contribution in [0.1, 0.15) is 187 Å². The molecular formula is C44H80N2O. The third-order valence-electron chi connectivity index (χ3n) is 9.29. The second kappa shape index (κ2) is 34.3. The Hall–Kier alpha value is -1.58. The summed E-state index contributed by atoms with van der Waals surface area (Å²) in [6, 6.07) is 0. The fourth-order valence-electron chi connectivity index (χ4n) is 6.04. The summed E-state index contributed by atoms with van der Waals surface area (Å²) in [5.74, 6) is 0. The van der Waals surface area contributed by atoms with Crippen LogP contribution in [0.15, 0.2) is 60.4 Å². The first-order valence-corrected chi connectivity index (χ1v) is 20.5. The van der Waals surface area contributed by atoms with E-state index in [2.05, 4.69) is 93.0 Å². The minimum absolute atomic E-state index is 0.233. The van der Waals surface area contributed by atoms with E-state index in [4.69, 9.17) is 4.74 Å². The van der Waals surface area contributed by atoms with Crippen LogP contribution in [0.2, 0.25) is 0 Å². The average Bonchev–Trinajstić information content (AvgIpc) is 3.83. The van der Waals surface area contributed by atoms with Crippen LogP contribution in [0.3, 0.4) is 0 Å². The highest BCUT2D eigenvalue weighted by Gasteiger charge is 2.37. The molecule has 1 rings (SSSR count). The molecule has 0 bridgehead atoms. The third-order valence-corrected chi connectivity index (χ3v) is 9.29. The number of ether oxygens (including phenoxy) is 1. The van der Waals surface area contributed by atoms with E-state index in [0.29, 0.717) is 6.10 Å². The first-order chi connectivity index (χ1) is 23.2. The van der Waals surface area contributed by atoms with Gasteiger partial charge in [0.1, 0.15) is 6.10 Å². The van der Waals surface area contributed by atoms with Gasteiger partial charge in [0.15, 0.2) is 6.23 Å². The molecule has 0 aromatic carbocycles. The summed E-state index contributed by atoms with van der Waals surface area (Å²) in [7, 11) is 4.28. The van der Waals surface area contributed by atoms with E-state index in [9.17, 15) is 0 Å². The summed E-state index contributed by atoms with van der Waals surface area (Å²) in [5, 5.41) is 3.62. The largest absolute Gasteiger partial charge is 0.364 e. The molecule has 1 saturated heterocycles. The Kier molecular flexibility index (Phi) is 31.7. The van der Waals surface area contributed by atoms with Gasteiger partial charge in [0.25, 0.3) is 0 Å². The van der Waals surface area contributed by atoms with Crippen molar-refractivity contribution < 1.29 is 4.74 Å². The van der Waals surface area contributed by atoms with Crippen molar-refractivity contribution in [2.75, 3.05) is 20.6 Å². The summed E-state index contributed by atoms with van der Waals surface area (Å²) < 4.78 is 5.89. The summed E-state index contributed by atoms with van der Waals surface area (Å²) in [6.45, 7) is 5.64. The average molecular weight is 653 g/mol. The minimum atomic E-state index is 0.233. The molecule has 0 spiro atoms. The van der Waals surface area contributed by atoms with Crippen molar-refractivity contribution in [3.05, 3.63) is 60.4 Å². The van der Waals surface area contributed by atoms with Gasteiger partial charge in [-0.1, -0.05) is 145 Å². The fraction of sp³-hybridized carbons (Fsp3) is 0.773. The second-order valence-electron chi connectivity index (χ2n) is 14.3. The third kappa shape index (κ3) is 31.4. The molecule has 0 amide bonds. The number of hydrogen-bond acceptors (Lipinski definition) is 3. The number of allylic oxidation sites excluding steroid dienone is 9. The molecule has 2 unspecified atom stereocenters. The maximum Gasteiger partial charge on any atom is 0.154 e. The molecule has 1 heterocycles. The number of rotatable bonds is 35. The first-order valence-electron chi connectivity index (χ1n) is 20.5. The van der Waals surface area contributed by atoms with E-state index in [1.165, 1.54) is 154 Å². The van der Waals surface area contributed by atoms with Crippen molar-refractivity contribution in [2.24, 2.45) is 0 Å². The smallest absolute Gasteiger partial charge is 0.154 e. The van der Waals surface area contributed by atoms with Crippen molar-refractivity contribution in [2.45, 2.75) is 200 Å². The van der Waals surface area contributed by atoms with Crippen molar-refractivity contribution in [3.8, 4) is 0 Å². The normalized spacial score (nSPS) is 16.5. The van der Waals surface area contributed by atoms with Crippen LogP contribution in [0.5, 0.6) is 0 Å². The number of nitrogens with one attached hydrogen (secondary N) is 1. The molecule has 0 aromatic heterocycles. The highest BCUT2D eigenvalue weighted by atomic mass is 16.6. The van der Waals surface area contributed by atoms with E-state index in [0.717, 1.165) is 25.8 Å². The van der Waals surface area contributed by atoms with Crippen LogP contribution >= 0.6 is 0 Å². The van der Waals surface area contributed by atoms with Crippen LogP contribution in [-0.2, 0) is 4.74 Å². The maximum absolute atomic E-state index is 5.89. The van der Waals surface area contributed by atoms with Crippen LogP contribution < -0.4 is 5.32 Å². The first kappa shape index (κ1) is 43.4. The standard InChI is InChI=1S/C44H80N2O/c1-5-7-9-11-13-15-17-19-21-23-25-27-29-31-33-35-37-42(41-45-44-43(47-44)39-40-46(3)4)38-36-34-32-30-28-26-24-22-20-18-16-14-12-10-8-6-2/h13-16,19-22,41,43-45H,5-12,17-18,23-40H2,1-4H3/b15-13-,16-14-,21-19-,22-20-. The molecule has 0 aliphatic carbocycles. The molecule has 3 heteroatoms. The second-order valence-corrected chi connectivity index (χ2v) is 14.3. The number of nitrogens with zero attached hydrogens (tertiary/aromatic N) is 1. The zero-order valence-electron chi connectivity index (χ0n) is 32.0. The van der Waals surface area contributed by atoms with Gasteiger partial charge in [-0.25, -0.2) is 0 Å². The summed E-state index contributed by atoms with van der Waals surface area (Å²) in [6.07, 6.45) is 57.0. The molecule has 1 fully saturated rings. The van der Waals surface area contributed by atoms with E-state index < -0.39 is 0 Å². The lowest BCUT2D eigenvalue weighted by molar-refractivity contribution is 0.325. The predicted molar refractivity (Wildman–Crippen MR) is 211 cm³/mol. The lowest BCUT2D eigenvalue weighted by atomic mass is 10.00. The summed E-state index contributed by atoms with van der Waals surface area (Å²) in [4.78, 5) is 2.25. The molecule has 3 nitrogen and oxygen atoms in total. The number of epoxide rings is 1. The molecule has 0 aromatic rings. The molecule has 0 saturated carbocycles. The fourth-order valence-corrected chi connectivity index (χ4v) is 6.04. The quantitative estimate of drug-likeness (QED) is 0.0419. The summed E-state index contributed by atoms with van der Waals surface area (Å²) >= 11 is 0. The van der Waals surface area contributed by atoms with Crippen molar-refractivity contribution in [3.63, 3.8) is 0 Å². The highest BCUT2D eigenvalue weighted by molar-refractivity contribution is 5.03. The van der Waals surface area contributed by atoms with Gasteiger partial charge >= 0.3 is 0 Å². The molecule has 272 valence electrons. The zero-order valence-corrected chi connectivity index (χ0v) is 32.0. The van der Waals surface area contributed by atoms with Crippen LogP contribution in [0.4, 0.5) is 0 Å². The van der Waals surface area contributed by atoms with Gasteiger partial charge in [-0.3, -0.25) is 0 Å². The van der Waals surface area contributed by atoms with Gasteiger partial charge in [0.2, 0.25) is 0 Å². The SMILES string of the molecule is CCCCC/C=C\C/C=C\CCCCCCCCC(=CNC1OC1CCN(C)C)CCCCCCCC/C=C\C/C=C\CCCCC. The maximum atomic E-state index is 5.89. The highest BCUT2D eigenvalue weighted by Crippen LogP contribution is 2.24. The molecule has 1 N–H and O–H groups in total. The Morgan fingerprint density at radius 2 is 0.936 bits per heavy atom. The van der Waals surface area contributed by atoms with Gasteiger partial charge in [-0.2, -0.15) is 0 Å². The van der Waals surface area contributed by atoms with Gasteiger partial charge in [-0.05, 0) is 117 Å². The topological polar surface area (TPSA) is 27.8 Å². The zero-order chi connectivity index (χ0) is 33.9. The van der Waals surface area contributed by atoms with Crippen LogP contribution in [-0.4, -0.2) is 37.9 Å². The Morgan fingerprint density at radius 3 is 1.36 bits per heavy atom. The van der Waals surface area contributed by atoms with E-state index in [1.54, 1.807) is 5.57 Å². The van der Waals surface area contributed by atoms with Gasteiger partial charge in [-0.15, -0.1) is 0 Å². The lowest BCUT2D eigenvalue weighted by Gasteiger charge is -2.09. The van der Waals surface area contributed by atoms with Gasteiger partial charge in [0, 0.05) is 6.54 Å². The summed E-state index contributed by atoms with van der Waals surface area (Å²) in [5.41, 5.74) is 1.61. The predicted octanol–water partition coefficient (Wildman–Crippen LogP) is 13.5. The Bertz CT molecular complexity index is 758. The Morgan fingerprint density at radius 1 is 0.532 bits per heavy atom. The molecule has 47 heavy (non-hydrogen) atoms. The monoisotopic (exact) mass is 653 g/mol. The van der Waals surface area contributed by atoms with E-state index >= 15 is 0 Å². The minimum Gasteiger partial charge on any atom is -0.364 e. The lowest BCUT2D eigenvalue weighted by Crippen LogP contribution is -2.18. The molecule has 0 radical (unpaired) electrons.